The number of rotatable bonds is 0. The van der Waals surface area contributed by atoms with Crippen molar-refractivity contribution in [2.45, 2.75) is 46.0 Å². The summed E-state index contributed by atoms with van der Waals surface area (Å²) in [5.41, 5.74) is 4.63. The Hall–Kier alpha value is -0.920. The van der Waals surface area contributed by atoms with Crippen LogP contribution >= 0.6 is 0 Å². The van der Waals surface area contributed by atoms with E-state index >= 15 is 0 Å². The molecule has 70 valence electrons. The Kier molecular flexibility index (Phi) is 1.86. The first-order chi connectivity index (χ1) is 6.09. The van der Waals surface area contributed by atoms with Crippen molar-refractivity contribution in [3.63, 3.8) is 0 Å². The highest BCUT2D eigenvalue weighted by Gasteiger charge is 2.28. The summed E-state index contributed by atoms with van der Waals surface area (Å²) in [6.45, 7) is 8.56. The quantitative estimate of drug-likeness (QED) is 0.607. The van der Waals surface area contributed by atoms with Crippen LogP contribution in [0.25, 0.3) is 0 Å². The molecule has 1 aliphatic rings. The minimum atomic E-state index is 0.594. The molecule has 2 atom stereocenters. The van der Waals surface area contributed by atoms with Gasteiger partial charge in [0.2, 0.25) is 0 Å². The maximum Gasteiger partial charge on any atom is 0.0653 e. The number of hydrogen-bond acceptors (Lipinski definition) is 2. The van der Waals surface area contributed by atoms with Gasteiger partial charge in [-0.15, -0.1) is 0 Å². The Balaban J connectivity index is 2.58. The molecule has 0 saturated heterocycles. The summed E-state index contributed by atoms with van der Waals surface area (Å²) < 4.78 is 0. The van der Waals surface area contributed by atoms with Crippen LogP contribution in [0, 0.1) is 13.8 Å². The average molecular weight is 176 g/mol. The van der Waals surface area contributed by atoms with Gasteiger partial charge in [0.1, 0.15) is 0 Å². The smallest absolute Gasteiger partial charge is 0.0653 e. The number of fused-ring (bicyclic) bond motifs is 1. The summed E-state index contributed by atoms with van der Waals surface area (Å²) in [5, 5.41) is 0. The van der Waals surface area contributed by atoms with E-state index in [-0.39, 0.29) is 0 Å². The van der Waals surface area contributed by atoms with Crippen molar-refractivity contribution < 1.29 is 0 Å². The predicted molar refractivity (Wildman–Crippen MR) is 53.0 cm³/mol. The number of aromatic nitrogens is 2. The van der Waals surface area contributed by atoms with Crippen LogP contribution in [-0.4, -0.2) is 9.97 Å². The van der Waals surface area contributed by atoms with Gasteiger partial charge in [-0.3, -0.25) is 9.97 Å². The molecule has 0 amide bonds. The van der Waals surface area contributed by atoms with Crippen LogP contribution in [0.5, 0.6) is 0 Å². The minimum absolute atomic E-state index is 0.594. The third kappa shape index (κ3) is 1.25. The van der Waals surface area contributed by atoms with Gasteiger partial charge in [-0.2, -0.15) is 0 Å². The summed E-state index contributed by atoms with van der Waals surface area (Å²) in [6, 6.07) is 0. The lowest BCUT2D eigenvalue weighted by molar-refractivity contribution is 0.650. The van der Waals surface area contributed by atoms with Gasteiger partial charge in [-0.1, -0.05) is 13.8 Å². The van der Waals surface area contributed by atoms with Crippen molar-refractivity contribution in [3.05, 3.63) is 22.8 Å². The molecule has 0 N–H and O–H groups in total. The minimum Gasteiger partial charge on any atom is -0.254 e. The van der Waals surface area contributed by atoms with Gasteiger partial charge in [0.15, 0.2) is 0 Å². The number of hydrogen-bond donors (Lipinski definition) is 0. The molecule has 2 rings (SSSR count). The van der Waals surface area contributed by atoms with Gasteiger partial charge in [-0.25, -0.2) is 0 Å². The average Bonchev–Trinajstić information content (AvgIpc) is 2.31. The van der Waals surface area contributed by atoms with E-state index in [0.717, 1.165) is 11.4 Å². The third-order valence-corrected chi connectivity index (χ3v) is 3.00. The molecule has 2 heteroatoms. The standard InChI is InChI=1S/C11H16N2/c1-6-5-7(2)11-10(6)12-8(3)9(4)13-11/h6-7H,5H2,1-4H3/t6-,7+. The van der Waals surface area contributed by atoms with Crippen LogP contribution in [0.3, 0.4) is 0 Å². The Bertz CT molecular complexity index is 311. The van der Waals surface area contributed by atoms with Crippen LogP contribution < -0.4 is 0 Å². The van der Waals surface area contributed by atoms with Crippen molar-refractivity contribution in [2.75, 3.05) is 0 Å². The second-order valence-electron chi connectivity index (χ2n) is 4.20. The first-order valence-electron chi connectivity index (χ1n) is 4.94. The SMILES string of the molecule is Cc1nc2c(nc1C)[C@@H](C)C[C@H]2C. The molecular formula is C11H16N2. The topological polar surface area (TPSA) is 25.8 Å². The van der Waals surface area contributed by atoms with Crippen LogP contribution in [0.4, 0.5) is 0 Å². The zero-order chi connectivity index (χ0) is 9.59. The van der Waals surface area contributed by atoms with E-state index < -0.39 is 0 Å². The van der Waals surface area contributed by atoms with Gasteiger partial charge < -0.3 is 0 Å². The normalized spacial score (nSPS) is 26.2. The molecular weight excluding hydrogens is 160 g/mol. The molecule has 0 saturated carbocycles. The number of nitrogens with zero attached hydrogens (tertiary/aromatic N) is 2. The molecule has 0 bridgehead atoms. The summed E-state index contributed by atoms with van der Waals surface area (Å²) in [7, 11) is 0. The van der Waals surface area contributed by atoms with Crippen LogP contribution in [0.1, 0.15) is 54.9 Å². The zero-order valence-corrected chi connectivity index (χ0v) is 8.76. The van der Waals surface area contributed by atoms with Crippen molar-refractivity contribution in [2.24, 2.45) is 0 Å². The molecule has 1 aromatic rings. The Morgan fingerprint density at radius 1 is 0.923 bits per heavy atom. The molecule has 0 spiro atoms. The van der Waals surface area contributed by atoms with Gasteiger partial charge in [-0.05, 0) is 20.3 Å². The van der Waals surface area contributed by atoms with E-state index in [1.807, 2.05) is 13.8 Å². The van der Waals surface area contributed by atoms with E-state index in [4.69, 9.17) is 0 Å². The second kappa shape index (κ2) is 2.79. The Labute approximate surface area is 79.4 Å². The zero-order valence-electron chi connectivity index (χ0n) is 8.76. The highest BCUT2D eigenvalue weighted by atomic mass is 14.9. The van der Waals surface area contributed by atoms with E-state index in [2.05, 4.69) is 23.8 Å². The van der Waals surface area contributed by atoms with Crippen LogP contribution in [-0.2, 0) is 0 Å². The summed E-state index contributed by atoms with van der Waals surface area (Å²) in [4.78, 5) is 9.24. The van der Waals surface area contributed by atoms with Gasteiger partial charge in [0.25, 0.3) is 0 Å². The van der Waals surface area contributed by atoms with Gasteiger partial charge >= 0.3 is 0 Å². The lowest BCUT2D eigenvalue weighted by Crippen LogP contribution is -2.01. The Morgan fingerprint density at radius 3 is 1.69 bits per heavy atom. The molecule has 0 radical (unpaired) electrons. The van der Waals surface area contributed by atoms with E-state index in [0.29, 0.717) is 11.8 Å². The maximum absolute atomic E-state index is 4.62. The summed E-state index contributed by atoms with van der Waals surface area (Å²) >= 11 is 0. The van der Waals surface area contributed by atoms with Crippen molar-refractivity contribution in [3.8, 4) is 0 Å². The highest BCUT2D eigenvalue weighted by molar-refractivity contribution is 5.29. The molecule has 0 aromatic carbocycles. The fraction of sp³-hybridized carbons (Fsp3) is 0.636. The fourth-order valence-corrected chi connectivity index (χ4v) is 2.12. The largest absolute Gasteiger partial charge is 0.254 e. The molecule has 1 aromatic heterocycles. The van der Waals surface area contributed by atoms with Gasteiger partial charge in [0.05, 0.1) is 22.8 Å². The second-order valence-corrected chi connectivity index (χ2v) is 4.20. The highest BCUT2D eigenvalue weighted by Crippen LogP contribution is 2.38. The lowest BCUT2D eigenvalue weighted by Gasteiger charge is -2.06. The molecule has 1 aliphatic carbocycles. The number of aryl methyl sites for hydroxylation is 2. The lowest BCUT2D eigenvalue weighted by atomic mass is 10.1. The molecule has 0 unspecified atom stereocenters. The van der Waals surface area contributed by atoms with Gasteiger partial charge in [0, 0.05) is 11.8 Å². The predicted octanol–water partition coefficient (Wildman–Crippen LogP) is 2.70. The molecule has 0 fully saturated rings. The van der Waals surface area contributed by atoms with Crippen molar-refractivity contribution in [1.29, 1.82) is 0 Å². The first-order valence-corrected chi connectivity index (χ1v) is 4.94. The van der Waals surface area contributed by atoms with E-state index in [1.54, 1.807) is 0 Å². The van der Waals surface area contributed by atoms with E-state index in [1.165, 1.54) is 17.8 Å². The monoisotopic (exact) mass is 176 g/mol. The maximum atomic E-state index is 4.62. The molecule has 2 nitrogen and oxygen atoms in total. The van der Waals surface area contributed by atoms with E-state index in [9.17, 15) is 0 Å². The summed E-state index contributed by atoms with van der Waals surface area (Å²) in [6.07, 6.45) is 1.21. The summed E-state index contributed by atoms with van der Waals surface area (Å²) in [5.74, 6) is 1.19. The van der Waals surface area contributed by atoms with Crippen molar-refractivity contribution >= 4 is 0 Å². The molecule has 13 heavy (non-hydrogen) atoms. The van der Waals surface area contributed by atoms with Crippen LogP contribution in [0.2, 0.25) is 0 Å². The van der Waals surface area contributed by atoms with Crippen molar-refractivity contribution in [1.82, 2.24) is 9.97 Å². The first kappa shape index (κ1) is 8.67. The Morgan fingerprint density at radius 2 is 1.31 bits per heavy atom. The third-order valence-electron chi connectivity index (χ3n) is 3.00. The molecule has 1 heterocycles. The van der Waals surface area contributed by atoms with Crippen LogP contribution in [0.15, 0.2) is 0 Å². The molecule has 0 aliphatic heterocycles. The fourth-order valence-electron chi connectivity index (χ4n) is 2.12.